The first-order chi connectivity index (χ1) is 7.68. The Balaban J connectivity index is 2.27. The highest BCUT2D eigenvalue weighted by Crippen LogP contribution is 2.30. The van der Waals surface area contributed by atoms with Crippen LogP contribution in [0.15, 0.2) is 18.2 Å². The Kier molecular flexibility index (Phi) is 3.59. The quantitative estimate of drug-likeness (QED) is 0.756. The molecule has 1 heterocycles. The predicted octanol–water partition coefficient (Wildman–Crippen LogP) is 3.69. The number of benzene rings is 1. The standard InChI is InChI=1S/C13H19ClN2/c1-10-5-3-2-4-8-16(10)13-7-6-11(14)9-12(13)15/h6-7,9-10H,2-5,8,15H2,1H3. The molecule has 1 aromatic carbocycles. The molecule has 1 saturated heterocycles. The van der Waals surface area contributed by atoms with Crippen molar-refractivity contribution in [1.29, 1.82) is 0 Å². The molecule has 0 aliphatic carbocycles. The molecule has 1 aromatic rings. The Bertz CT molecular complexity index is 365. The molecule has 0 aromatic heterocycles. The third kappa shape index (κ3) is 2.43. The summed E-state index contributed by atoms with van der Waals surface area (Å²) in [7, 11) is 0. The molecule has 2 N–H and O–H groups in total. The maximum atomic E-state index is 6.04. The van der Waals surface area contributed by atoms with Gasteiger partial charge in [0.1, 0.15) is 0 Å². The molecule has 0 spiro atoms. The van der Waals surface area contributed by atoms with Crippen molar-refractivity contribution < 1.29 is 0 Å². The summed E-state index contributed by atoms with van der Waals surface area (Å²) in [5, 5.41) is 0.712. The zero-order valence-electron chi connectivity index (χ0n) is 9.75. The average molecular weight is 239 g/mol. The zero-order valence-corrected chi connectivity index (χ0v) is 10.5. The number of hydrogen-bond acceptors (Lipinski definition) is 2. The van der Waals surface area contributed by atoms with Crippen LogP contribution in [-0.2, 0) is 0 Å². The maximum absolute atomic E-state index is 6.04. The summed E-state index contributed by atoms with van der Waals surface area (Å²) >= 11 is 5.93. The van der Waals surface area contributed by atoms with Crippen LogP contribution >= 0.6 is 11.6 Å². The van der Waals surface area contributed by atoms with Crippen molar-refractivity contribution in [1.82, 2.24) is 0 Å². The number of nitrogens with two attached hydrogens (primary N) is 1. The second-order valence-electron chi connectivity index (χ2n) is 4.59. The Morgan fingerprint density at radius 2 is 2.12 bits per heavy atom. The van der Waals surface area contributed by atoms with Crippen LogP contribution in [0.1, 0.15) is 32.6 Å². The van der Waals surface area contributed by atoms with Gasteiger partial charge >= 0.3 is 0 Å². The van der Waals surface area contributed by atoms with Crippen molar-refractivity contribution in [3.8, 4) is 0 Å². The van der Waals surface area contributed by atoms with Crippen LogP contribution in [-0.4, -0.2) is 12.6 Å². The average Bonchev–Trinajstić information content (AvgIpc) is 2.44. The number of halogens is 1. The molecule has 2 rings (SSSR count). The highest BCUT2D eigenvalue weighted by Gasteiger charge is 2.18. The van der Waals surface area contributed by atoms with Crippen LogP contribution in [0, 0.1) is 0 Å². The van der Waals surface area contributed by atoms with Gasteiger partial charge in [-0.05, 0) is 38.0 Å². The number of hydrogen-bond donors (Lipinski definition) is 1. The highest BCUT2D eigenvalue weighted by molar-refractivity contribution is 6.31. The van der Waals surface area contributed by atoms with Crippen LogP contribution in [0.2, 0.25) is 5.02 Å². The third-order valence-corrected chi connectivity index (χ3v) is 3.59. The van der Waals surface area contributed by atoms with E-state index < -0.39 is 0 Å². The lowest BCUT2D eigenvalue weighted by Gasteiger charge is -2.30. The molecular weight excluding hydrogens is 220 g/mol. The number of anilines is 2. The predicted molar refractivity (Wildman–Crippen MR) is 71.1 cm³/mol. The van der Waals surface area contributed by atoms with Crippen LogP contribution in [0.5, 0.6) is 0 Å². The van der Waals surface area contributed by atoms with Crippen LogP contribution in [0.3, 0.4) is 0 Å². The second kappa shape index (κ2) is 4.96. The Morgan fingerprint density at radius 1 is 1.31 bits per heavy atom. The van der Waals surface area contributed by atoms with E-state index in [1.807, 2.05) is 18.2 Å². The summed E-state index contributed by atoms with van der Waals surface area (Å²) in [5.41, 5.74) is 7.97. The molecule has 1 fully saturated rings. The van der Waals surface area contributed by atoms with E-state index >= 15 is 0 Å². The van der Waals surface area contributed by atoms with Gasteiger partial charge in [0.25, 0.3) is 0 Å². The lowest BCUT2D eigenvalue weighted by atomic mass is 10.1. The van der Waals surface area contributed by atoms with E-state index in [2.05, 4.69) is 11.8 Å². The van der Waals surface area contributed by atoms with Gasteiger partial charge in [0, 0.05) is 17.6 Å². The fourth-order valence-electron chi connectivity index (χ4n) is 2.42. The van der Waals surface area contributed by atoms with Gasteiger partial charge < -0.3 is 10.6 Å². The molecule has 1 aliphatic heterocycles. The van der Waals surface area contributed by atoms with Crippen LogP contribution in [0.4, 0.5) is 11.4 Å². The first-order valence-corrected chi connectivity index (χ1v) is 6.38. The molecule has 1 unspecified atom stereocenters. The van der Waals surface area contributed by atoms with Crippen molar-refractivity contribution in [2.45, 2.75) is 38.6 Å². The van der Waals surface area contributed by atoms with Crippen molar-refractivity contribution in [3.63, 3.8) is 0 Å². The largest absolute Gasteiger partial charge is 0.397 e. The van der Waals surface area contributed by atoms with Crippen LogP contribution < -0.4 is 10.6 Å². The molecule has 3 heteroatoms. The summed E-state index contributed by atoms with van der Waals surface area (Å²) in [6.07, 6.45) is 5.16. The molecule has 0 saturated carbocycles. The Hall–Kier alpha value is -0.890. The number of rotatable bonds is 1. The van der Waals surface area contributed by atoms with E-state index in [1.165, 1.54) is 25.7 Å². The zero-order chi connectivity index (χ0) is 11.5. The van der Waals surface area contributed by atoms with Crippen molar-refractivity contribution in [2.75, 3.05) is 17.2 Å². The minimum Gasteiger partial charge on any atom is -0.397 e. The van der Waals surface area contributed by atoms with Gasteiger partial charge in [0.15, 0.2) is 0 Å². The van der Waals surface area contributed by atoms with E-state index in [0.29, 0.717) is 11.1 Å². The Labute approximate surface area is 102 Å². The Morgan fingerprint density at radius 3 is 2.88 bits per heavy atom. The van der Waals surface area contributed by atoms with E-state index in [0.717, 1.165) is 17.9 Å². The molecule has 0 radical (unpaired) electrons. The summed E-state index contributed by atoms with van der Waals surface area (Å²) in [6, 6.07) is 6.38. The summed E-state index contributed by atoms with van der Waals surface area (Å²) in [4.78, 5) is 2.42. The molecule has 0 bridgehead atoms. The molecular formula is C13H19ClN2. The van der Waals surface area contributed by atoms with E-state index in [4.69, 9.17) is 17.3 Å². The number of nitrogens with zero attached hydrogens (tertiary/aromatic N) is 1. The number of nitrogen functional groups attached to an aromatic ring is 1. The SMILES string of the molecule is CC1CCCCCN1c1ccc(Cl)cc1N. The molecule has 0 amide bonds. The topological polar surface area (TPSA) is 29.3 Å². The maximum Gasteiger partial charge on any atom is 0.0603 e. The molecule has 1 aliphatic rings. The lowest BCUT2D eigenvalue weighted by molar-refractivity contribution is 0.617. The second-order valence-corrected chi connectivity index (χ2v) is 5.03. The third-order valence-electron chi connectivity index (χ3n) is 3.35. The fraction of sp³-hybridized carbons (Fsp3) is 0.538. The van der Waals surface area contributed by atoms with E-state index in [-0.39, 0.29) is 0 Å². The molecule has 1 atom stereocenters. The fourth-order valence-corrected chi connectivity index (χ4v) is 2.60. The van der Waals surface area contributed by atoms with Crippen molar-refractivity contribution in [3.05, 3.63) is 23.2 Å². The van der Waals surface area contributed by atoms with E-state index in [1.54, 1.807) is 0 Å². The first-order valence-electron chi connectivity index (χ1n) is 6.00. The van der Waals surface area contributed by atoms with Gasteiger partial charge in [-0.1, -0.05) is 24.4 Å². The summed E-state index contributed by atoms with van der Waals surface area (Å²) in [6.45, 7) is 3.38. The summed E-state index contributed by atoms with van der Waals surface area (Å²) < 4.78 is 0. The van der Waals surface area contributed by atoms with Gasteiger partial charge in [-0.25, -0.2) is 0 Å². The van der Waals surface area contributed by atoms with E-state index in [9.17, 15) is 0 Å². The van der Waals surface area contributed by atoms with Gasteiger partial charge in [0.2, 0.25) is 0 Å². The first kappa shape index (κ1) is 11.6. The minimum atomic E-state index is 0.575. The van der Waals surface area contributed by atoms with Gasteiger partial charge in [-0.15, -0.1) is 0 Å². The summed E-state index contributed by atoms with van der Waals surface area (Å²) in [5.74, 6) is 0. The molecule has 88 valence electrons. The highest BCUT2D eigenvalue weighted by atomic mass is 35.5. The smallest absolute Gasteiger partial charge is 0.0603 e. The van der Waals surface area contributed by atoms with Gasteiger partial charge in [0.05, 0.1) is 11.4 Å². The van der Waals surface area contributed by atoms with Gasteiger partial charge in [-0.3, -0.25) is 0 Å². The van der Waals surface area contributed by atoms with Crippen LogP contribution in [0.25, 0.3) is 0 Å². The van der Waals surface area contributed by atoms with Crippen molar-refractivity contribution >= 4 is 23.0 Å². The van der Waals surface area contributed by atoms with Crippen molar-refractivity contribution in [2.24, 2.45) is 0 Å². The lowest BCUT2D eigenvalue weighted by Crippen LogP contribution is -2.32. The molecule has 2 nitrogen and oxygen atoms in total. The van der Waals surface area contributed by atoms with Gasteiger partial charge in [-0.2, -0.15) is 0 Å². The normalized spacial score (nSPS) is 21.9. The molecule has 16 heavy (non-hydrogen) atoms. The monoisotopic (exact) mass is 238 g/mol. The minimum absolute atomic E-state index is 0.575.